The van der Waals surface area contributed by atoms with Crippen molar-refractivity contribution in [1.82, 2.24) is 10.2 Å². The molecule has 1 unspecified atom stereocenters. The second-order valence-corrected chi connectivity index (χ2v) is 7.04. The average Bonchev–Trinajstić information content (AvgIpc) is 2.91. The van der Waals surface area contributed by atoms with Gasteiger partial charge < -0.3 is 10.2 Å². The zero-order chi connectivity index (χ0) is 13.9. The van der Waals surface area contributed by atoms with Crippen LogP contribution >= 0.6 is 11.3 Å². The van der Waals surface area contributed by atoms with Crippen molar-refractivity contribution in [3.05, 3.63) is 22.4 Å². The quantitative estimate of drug-likeness (QED) is 0.920. The number of rotatable bonds is 4. The van der Waals surface area contributed by atoms with Gasteiger partial charge >= 0.3 is 0 Å². The lowest BCUT2D eigenvalue weighted by molar-refractivity contribution is -0.143. The van der Waals surface area contributed by atoms with Crippen molar-refractivity contribution >= 4 is 17.2 Å². The van der Waals surface area contributed by atoms with E-state index in [1.54, 1.807) is 11.3 Å². The largest absolute Gasteiger partial charge is 0.340 e. The Morgan fingerprint density at radius 1 is 1.58 bits per heavy atom. The molecule has 1 aliphatic rings. The molecular weight excluding hydrogens is 256 g/mol. The van der Waals surface area contributed by atoms with Gasteiger partial charge in [-0.3, -0.25) is 4.79 Å². The average molecular weight is 280 g/mol. The first kappa shape index (κ1) is 14.5. The van der Waals surface area contributed by atoms with Gasteiger partial charge in [0.15, 0.2) is 0 Å². The Bertz CT molecular complexity index is 408. The summed E-state index contributed by atoms with van der Waals surface area (Å²) >= 11 is 1.71. The van der Waals surface area contributed by atoms with E-state index in [0.29, 0.717) is 5.92 Å². The van der Waals surface area contributed by atoms with Crippen LogP contribution in [0.15, 0.2) is 17.5 Å². The smallest absolute Gasteiger partial charge is 0.228 e. The van der Waals surface area contributed by atoms with Gasteiger partial charge in [-0.25, -0.2) is 0 Å². The molecule has 4 heteroatoms. The number of thiophene rings is 1. The number of nitrogens with zero attached hydrogens (tertiary/aromatic N) is 1. The maximum atomic E-state index is 12.7. The van der Waals surface area contributed by atoms with E-state index in [1.165, 1.54) is 11.3 Å². The minimum atomic E-state index is -0.278. The molecule has 0 radical (unpaired) electrons. The Morgan fingerprint density at radius 2 is 2.37 bits per heavy atom. The van der Waals surface area contributed by atoms with Gasteiger partial charge in [0, 0.05) is 17.3 Å². The third-order valence-corrected chi connectivity index (χ3v) is 5.05. The van der Waals surface area contributed by atoms with Gasteiger partial charge in [0.1, 0.15) is 0 Å². The van der Waals surface area contributed by atoms with Crippen LogP contribution in [0.1, 0.15) is 31.6 Å². The second-order valence-electron chi connectivity index (χ2n) is 6.01. The number of piperidine rings is 1. The summed E-state index contributed by atoms with van der Waals surface area (Å²) in [5, 5.41) is 5.47. The van der Waals surface area contributed by atoms with E-state index in [-0.39, 0.29) is 11.3 Å². The van der Waals surface area contributed by atoms with Crippen LogP contribution in [-0.2, 0) is 11.3 Å². The summed E-state index contributed by atoms with van der Waals surface area (Å²) in [5.41, 5.74) is -0.278. The normalized spacial score (nSPS) is 20.3. The molecule has 0 aromatic carbocycles. The molecule has 1 aromatic rings. The van der Waals surface area contributed by atoms with E-state index in [1.807, 2.05) is 18.0 Å². The van der Waals surface area contributed by atoms with Crippen molar-refractivity contribution in [2.24, 2.45) is 11.3 Å². The molecule has 106 valence electrons. The number of hydrogen-bond donors (Lipinski definition) is 1. The number of nitrogens with one attached hydrogen (secondary N) is 1. The van der Waals surface area contributed by atoms with Gasteiger partial charge in [-0.05, 0) is 43.3 Å². The highest BCUT2D eigenvalue weighted by Crippen LogP contribution is 2.33. The SMILES string of the molecule is CN(Cc1cccs1)C(=O)C(C)(C)C1CCCNC1. The summed E-state index contributed by atoms with van der Waals surface area (Å²) < 4.78 is 0. The van der Waals surface area contributed by atoms with Gasteiger partial charge in [0.25, 0.3) is 0 Å². The van der Waals surface area contributed by atoms with Crippen LogP contribution in [0.5, 0.6) is 0 Å². The van der Waals surface area contributed by atoms with E-state index < -0.39 is 0 Å². The summed E-state index contributed by atoms with van der Waals surface area (Å²) in [6, 6.07) is 4.12. The number of hydrogen-bond acceptors (Lipinski definition) is 3. The Morgan fingerprint density at radius 3 is 2.95 bits per heavy atom. The van der Waals surface area contributed by atoms with Crippen LogP contribution in [0.4, 0.5) is 0 Å². The fourth-order valence-corrected chi connectivity index (χ4v) is 3.60. The van der Waals surface area contributed by atoms with Crippen molar-refractivity contribution in [3.63, 3.8) is 0 Å². The number of carbonyl (C=O) groups is 1. The first-order valence-corrected chi connectivity index (χ1v) is 7.88. The Hall–Kier alpha value is -0.870. The Balaban J connectivity index is 2.00. The minimum Gasteiger partial charge on any atom is -0.340 e. The maximum absolute atomic E-state index is 12.7. The molecule has 0 spiro atoms. The summed E-state index contributed by atoms with van der Waals surface area (Å²) in [7, 11) is 1.92. The second kappa shape index (κ2) is 6.06. The molecule has 0 aliphatic carbocycles. The fourth-order valence-electron chi connectivity index (χ4n) is 2.84. The third-order valence-electron chi connectivity index (χ3n) is 4.19. The monoisotopic (exact) mass is 280 g/mol. The lowest BCUT2D eigenvalue weighted by atomic mass is 9.74. The molecule has 1 aromatic heterocycles. The maximum Gasteiger partial charge on any atom is 0.228 e. The van der Waals surface area contributed by atoms with Crippen molar-refractivity contribution < 1.29 is 4.79 Å². The fraction of sp³-hybridized carbons (Fsp3) is 0.667. The minimum absolute atomic E-state index is 0.259. The Kier molecular flexibility index (Phi) is 4.63. The van der Waals surface area contributed by atoms with E-state index in [0.717, 1.165) is 26.1 Å². The van der Waals surface area contributed by atoms with Crippen molar-refractivity contribution in [2.45, 2.75) is 33.2 Å². The third kappa shape index (κ3) is 3.37. The summed E-state index contributed by atoms with van der Waals surface area (Å²) in [6.07, 6.45) is 2.33. The molecule has 1 saturated heterocycles. The van der Waals surface area contributed by atoms with E-state index in [4.69, 9.17) is 0 Å². The van der Waals surface area contributed by atoms with Gasteiger partial charge in [0.2, 0.25) is 5.91 Å². The molecule has 1 atom stereocenters. The van der Waals surface area contributed by atoms with E-state index in [2.05, 4.69) is 30.6 Å². The standard InChI is InChI=1S/C15H24N2OS/c1-15(2,12-6-4-8-16-10-12)14(18)17(3)11-13-7-5-9-19-13/h5,7,9,12,16H,4,6,8,10-11H2,1-3H3. The van der Waals surface area contributed by atoms with Crippen molar-refractivity contribution in [1.29, 1.82) is 0 Å². The first-order chi connectivity index (χ1) is 9.01. The van der Waals surface area contributed by atoms with Crippen LogP contribution in [0, 0.1) is 11.3 Å². The van der Waals surface area contributed by atoms with Crippen LogP contribution in [0.25, 0.3) is 0 Å². The van der Waals surface area contributed by atoms with Crippen LogP contribution in [-0.4, -0.2) is 30.9 Å². The summed E-state index contributed by atoms with van der Waals surface area (Å²) in [4.78, 5) is 15.8. The van der Waals surface area contributed by atoms with Crippen molar-refractivity contribution in [2.75, 3.05) is 20.1 Å². The zero-order valence-electron chi connectivity index (χ0n) is 12.1. The molecule has 2 heterocycles. The molecule has 1 fully saturated rings. The van der Waals surface area contributed by atoms with Crippen LogP contribution in [0.3, 0.4) is 0 Å². The molecule has 19 heavy (non-hydrogen) atoms. The van der Waals surface area contributed by atoms with Crippen LogP contribution < -0.4 is 5.32 Å². The molecule has 0 saturated carbocycles. The lowest BCUT2D eigenvalue weighted by Crippen LogP contribution is -2.47. The van der Waals surface area contributed by atoms with E-state index in [9.17, 15) is 4.79 Å². The predicted octanol–water partition coefficient (Wildman–Crippen LogP) is 2.73. The molecule has 0 bridgehead atoms. The number of carbonyl (C=O) groups excluding carboxylic acids is 1. The molecular formula is C15H24N2OS. The molecule has 1 N–H and O–H groups in total. The van der Waals surface area contributed by atoms with E-state index >= 15 is 0 Å². The highest BCUT2D eigenvalue weighted by Gasteiger charge is 2.38. The van der Waals surface area contributed by atoms with Gasteiger partial charge in [-0.15, -0.1) is 11.3 Å². The predicted molar refractivity (Wildman–Crippen MR) is 80.2 cm³/mol. The van der Waals surface area contributed by atoms with Gasteiger partial charge in [-0.1, -0.05) is 19.9 Å². The molecule has 1 aliphatic heterocycles. The highest BCUT2D eigenvalue weighted by atomic mass is 32.1. The van der Waals surface area contributed by atoms with Crippen LogP contribution in [0.2, 0.25) is 0 Å². The Labute approximate surface area is 120 Å². The van der Waals surface area contributed by atoms with Gasteiger partial charge in [0.05, 0.1) is 6.54 Å². The summed E-state index contributed by atoms with van der Waals surface area (Å²) in [6.45, 7) is 6.97. The number of amides is 1. The molecule has 2 rings (SSSR count). The molecule has 3 nitrogen and oxygen atoms in total. The van der Waals surface area contributed by atoms with Crippen molar-refractivity contribution in [3.8, 4) is 0 Å². The first-order valence-electron chi connectivity index (χ1n) is 7.00. The highest BCUT2D eigenvalue weighted by molar-refractivity contribution is 7.09. The van der Waals surface area contributed by atoms with Gasteiger partial charge in [-0.2, -0.15) is 0 Å². The topological polar surface area (TPSA) is 32.3 Å². The summed E-state index contributed by atoms with van der Waals surface area (Å²) in [5.74, 6) is 0.703. The zero-order valence-corrected chi connectivity index (χ0v) is 12.9. The molecule has 1 amide bonds. The lowest BCUT2D eigenvalue weighted by Gasteiger charge is -2.38.